The molecular formula is C15H16FN5. The zero-order valence-corrected chi connectivity index (χ0v) is 11.8. The van der Waals surface area contributed by atoms with E-state index in [4.69, 9.17) is 5.26 Å². The van der Waals surface area contributed by atoms with Crippen LogP contribution in [0, 0.1) is 17.1 Å². The van der Waals surface area contributed by atoms with Crippen molar-refractivity contribution in [2.24, 2.45) is 0 Å². The van der Waals surface area contributed by atoms with Crippen LogP contribution in [0.2, 0.25) is 0 Å². The summed E-state index contributed by atoms with van der Waals surface area (Å²) < 4.78 is 13.6. The molecule has 1 N–H and O–H groups in total. The molecular weight excluding hydrogens is 269 g/mol. The van der Waals surface area contributed by atoms with Gasteiger partial charge in [0, 0.05) is 32.5 Å². The molecule has 0 amide bonds. The Balaban J connectivity index is 1.83. The highest BCUT2D eigenvalue weighted by Gasteiger charge is 2.06. The Hall–Kier alpha value is -2.68. The van der Waals surface area contributed by atoms with Crippen LogP contribution in [-0.4, -0.2) is 30.1 Å². The van der Waals surface area contributed by atoms with E-state index < -0.39 is 0 Å². The molecule has 0 saturated carbocycles. The van der Waals surface area contributed by atoms with Crippen molar-refractivity contribution in [2.75, 3.05) is 30.4 Å². The first-order valence-corrected chi connectivity index (χ1v) is 6.63. The zero-order valence-electron chi connectivity index (χ0n) is 11.8. The highest BCUT2D eigenvalue weighted by atomic mass is 19.1. The van der Waals surface area contributed by atoms with Gasteiger partial charge in [0.05, 0.1) is 5.69 Å². The second kappa shape index (κ2) is 7.20. The SMILES string of the molecule is CN(CCCNc1nccnc1C#N)c1ccccc1F. The van der Waals surface area contributed by atoms with E-state index in [0.29, 0.717) is 24.6 Å². The van der Waals surface area contributed by atoms with Crippen LogP contribution in [-0.2, 0) is 0 Å². The van der Waals surface area contributed by atoms with E-state index in [1.54, 1.807) is 12.1 Å². The Kier molecular flexibility index (Phi) is 5.04. The van der Waals surface area contributed by atoms with E-state index in [1.165, 1.54) is 18.5 Å². The molecule has 0 saturated heterocycles. The molecule has 6 heteroatoms. The molecule has 1 aromatic carbocycles. The molecule has 0 aliphatic heterocycles. The Morgan fingerprint density at radius 1 is 1.29 bits per heavy atom. The minimum atomic E-state index is -0.228. The van der Waals surface area contributed by atoms with E-state index in [9.17, 15) is 4.39 Å². The first-order valence-electron chi connectivity index (χ1n) is 6.63. The average molecular weight is 285 g/mol. The molecule has 0 aliphatic carbocycles. The van der Waals surface area contributed by atoms with E-state index in [1.807, 2.05) is 24.1 Å². The van der Waals surface area contributed by atoms with Crippen LogP contribution in [0.3, 0.4) is 0 Å². The molecule has 1 aromatic heterocycles. The minimum absolute atomic E-state index is 0.228. The Morgan fingerprint density at radius 2 is 2.05 bits per heavy atom. The van der Waals surface area contributed by atoms with Gasteiger partial charge in [0.15, 0.2) is 11.5 Å². The maximum Gasteiger partial charge on any atom is 0.182 e. The van der Waals surface area contributed by atoms with Crippen LogP contribution in [0.25, 0.3) is 0 Å². The summed E-state index contributed by atoms with van der Waals surface area (Å²) in [6, 6.07) is 8.66. The van der Waals surface area contributed by atoms with Gasteiger partial charge in [-0.15, -0.1) is 0 Å². The van der Waals surface area contributed by atoms with Gasteiger partial charge in [0.2, 0.25) is 0 Å². The summed E-state index contributed by atoms with van der Waals surface area (Å²) in [5.74, 6) is 0.252. The maximum atomic E-state index is 13.6. The number of hydrogen-bond donors (Lipinski definition) is 1. The van der Waals surface area contributed by atoms with E-state index in [-0.39, 0.29) is 11.5 Å². The summed E-state index contributed by atoms with van der Waals surface area (Å²) in [6.45, 7) is 1.32. The van der Waals surface area contributed by atoms with Gasteiger partial charge in [-0.1, -0.05) is 12.1 Å². The molecule has 0 atom stereocenters. The van der Waals surface area contributed by atoms with Gasteiger partial charge in [0.1, 0.15) is 11.9 Å². The molecule has 0 unspecified atom stereocenters. The lowest BCUT2D eigenvalue weighted by Crippen LogP contribution is -2.22. The molecule has 0 aliphatic rings. The third kappa shape index (κ3) is 3.89. The van der Waals surface area contributed by atoms with Gasteiger partial charge in [-0.3, -0.25) is 0 Å². The number of hydrogen-bond acceptors (Lipinski definition) is 5. The van der Waals surface area contributed by atoms with Crippen LogP contribution in [0.15, 0.2) is 36.7 Å². The van der Waals surface area contributed by atoms with Crippen molar-refractivity contribution in [1.82, 2.24) is 9.97 Å². The Morgan fingerprint density at radius 3 is 2.81 bits per heavy atom. The zero-order chi connectivity index (χ0) is 15.1. The van der Waals surface area contributed by atoms with Crippen LogP contribution in [0.1, 0.15) is 12.1 Å². The molecule has 2 rings (SSSR count). The van der Waals surface area contributed by atoms with Crippen LogP contribution < -0.4 is 10.2 Å². The molecule has 5 nitrogen and oxygen atoms in total. The summed E-state index contributed by atoms with van der Waals surface area (Å²) >= 11 is 0. The van der Waals surface area contributed by atoms with Crippen molar-refractivity contribution in [1.29, 1.82) is 5.26 Å². The van der Waals surface area contributed by atoms with E-state index in [2.05, 4.69) is 15.3 Å². The van der Waals surface area contributed by atoms with Crippen molar-refractivity contribution in [3.63, 3.8) is 0 Å². The smallest absolute Gasteiger partial charge is 0.182 e. The number of benzene rings is 1. The summed E-state index contributed by atoms with van der Waals surface area (Å²) in [7, 11) is 1.85. The number of rotatable bonds is 6. The fourth-order valence-corrected chi connectivity index (χ4v) is 1.95. The van der Waals surface area contributed by atoms with Gasteiger partial charge in [0.25, 0.3) is 0 Å². The number of nitrogens with zero attached hydrogens (tertiary/aromatic N) is 4. The fourth-order valence-electron chi connectivity index (χ4n) is 1.95. The summed E-state index contributed by atoms with van der Waals surface area (Å²) in [6.07, 6.45) is 3.80. The van der Waals surface area contributed by atoms with Gasteiger partial charge < -0.3 is 10.2 Å². The molecule has 1 heterocycles. The Labute approximate surface area is 123 Å². The third-order valence-electron chi connectivity index (χ3n) is 3.03. The molecule has 2 aromatic rings. The predicted molar refractivity (Wildman–Crippen MR) is 79.5 cm³/mol. The Bertz CT molecular complexity index is 638. The molecule has 0 radical (unpaired) electrons. The number of nitriles is 1. The summed E-state index contributed by atoms with van der Waals surface area (Å²) in [5.41, 5.74) is 0.856. The second-order valence-corrected chi connectivity index (χ2v) is 4.52. The second-order valence-electron chi connectivity index (χ2n) is 4.52. The monoisotopic (exact) mass is 285 g/mol. The first-order chi connectivity index (χ1) is 10.2. The highest BCUT2D eigenvalue weighted by molar-refractivity contribution is 5.47. The number of nitrogens with one attached hydrogen (secondary N) is 1. The number of anilines is 2. The lowest BCUT2D eigenvalue weighted by molar-refractivity contribution is 0.621. The van der Waals surface area contributed by atoms with Crippen molar-refractivity contribution in [3.05, 3.63) is 48.2 Å². The third-order valence-corrected chi connectivity index (χ3v) is 3.03. The number of halogens is 1. The quantitative estimate of drug-likeness (QED) is 0.826. The highest BCUT2D eigenvalue weighted by Crippen LogP contribution is 2.17. The van der Waals surface area contributed by atoms with Gasteiger partial charge >= 0.3 is 0 Å². The van der Waals surface area contributed by atoms with Gasteiger partial charge in [-0.25, -0.2) is 14.4 Å². The van der Waals surface area contributed by atoms with E-state index in [0.717, 1.165) is 6.42 Å². The van der Waals surface area contributed by atoms with Crippen molar-refractivity contribution in [2.45, 2.75) is 6.42 Å². The molecule has 0 fully saturated rings. The van der Waals surface area contributed by atoms with Crippen LogP contribution >= 0.6 is 0 Å². The number of aromatic nitrogens is 2. The lowest BCUT2D eigenvalue weighted by atomic mass is 10.2. The summed E-state index contributed by atoms with van der Waals surface area (Å²) in [4.78, 5) is 9.85. The topological polar surface area (TPSA) is 64.8 Å². The van der Waals surface area contributed by atoms with Crippen molar-refractivity contribution >= 4 is 11.5 Å². The van der Waals surface area contributed by atoms with Gasteiger partial charge in [-0.05, 0) is 18.6 Å². The van der Waals surface area contributed by atoms with Crippen molar-refractivity contribution in [3.8, 4) is 6.07 Å². The van der Waals surface area contributed by atoms with E-state index >= 15 is 0 Å². The molecule has 108 valence electrons. The molecule has 0 bridgehead atoms. The maximum absolute atomic E-state index is 13.6. The van der Waals surface area contributed by atoms with Crippen LogP contribution in [0.4, 0.5) is 15.9 Å². The molecule has 21 heavy (non-hydrogen) atoms. The summed E-state index contributed by atoms with van der Waals surface area (Å²) in [5, 5.41) is 12.0. The fraction of sp³-hybridized carbons (Fsp3) is 0.267. The standard InChI is InChI=1S/C15H16FN5/c1-21(14-6-3-2-5-12(14)16)10-4-7-19-15-13(11-17)18-8-9-20-15/h2-3,5-6,8-9H,4,7,10H2,1H3,(H,19,20). The largest absolute Gasteiger partial charge is 0.372 e. The predicted octanol–water partition coefficient (Wildman–Crippen LogP) is 2.43. The minimum Gasteiger partial charge on any atom is -0.372 e. The lowest BCUT2D eigenvalue weighted by Gasteiger charge is -2.19. The van der Waals surface area contributed by atoms with Crippen molar-refractivity contribution < 1.29 is 4.39 Å². The van der Waals surface area contributed by atoms with Gasteiger partial charge in [-0.2, -0.15) is 5.26 Å². The normalized spacial score (nSPS) is 9.95. The van der Waals surface area contributed by atoms with Crippen LogP contribution in [0.5, 0.6) is 0 Å². The number of para-hydroxylation sites is 1. The average Bonchev–Trinajstić information content (AvgIpc) is 2.52. The molecule has 0 spiro atoms. The first kappa shape index (κ1) is 14.7.